The van der Waals surface area contributed by atoms with Gasteiger partial charge >= 0.3 is 0 Å². The summed E-state index contributed by atoms with van der Waals surface area (Å²) in [6.45, 7) is 2.39. The van der Waals surface area contributed by atoms with E-state index in [1.807, 2.05) is 31.2 Å². The highest BCUT2D eigenvalue weighted by atomic mass is 35.5. The van der Waals surface area contributed by atoms with Gasteiger partial charge in [0.2, 0.25) is 0 Å². The predicted molar refractivity (Wildman–Crippen MR) is 108 cm³/mol. The summed E-state index contributed by atoms with van der Waals surface area (Å²) in [5, 5.41) is 6.11. The molecule has 2 aromatic rings. The minimum absolute atomic E-state index is 0.131. The fourth-order valence-electron chi connectivity index (χ4n) is 2.70. The Kier molecular flexibility index (Phi) is 7.64. The zero-order valence-electron chi connectivity index (χ0n) is 15.8. The molecule has 1 atom stereocenters. The molecule has 0 radical (unpaired) electrons. The lowest BCUT2D eigenvalue weighted by molar-refractivity contribution is -0.862. The van der Waals surface area contributed by atoms with Crippen molar-refractivity contribution in [2.75, 3.05) is 37.9 Å². The quantitative estimate of drug-likeness (QED) is 0.645. The number of aryl methyl sites for hydroxylation is 1. The third-order valence-corrected chi connectivity index (χ3v) is 4.33. The molecular formula is C20H25ClN3O3+. The topological polar surface area (TPSA) is 71.9 Å². The van der Waals surface area contributed by atoms with Gasteiger partial charge in [0.25, 0.3) is 11.8 Å². The van der Waals surface area contributed by atoms with Gasteiger partial charge in [-0.2, -0.15) is 0 Å². The highest BCUT2D eigenvalue weighted by molar-refractivity contribution is 6.32. The Morgan fingerprint density at radius 3 is 2.37 bits per heavy atom. The van der Waals surface area contributed by atoms with E-state index in [0.29, 0.717) is 16.5 Å². The van der Waals surface area contributed by atoms with Gasteiger partial charge in [-0.1, -0.05) is 36.7 Å². The van der Waals surface area contributed by atoms with Crippen LogP contribution in [0.3, 0.4) is 0 Å². The fourth-order valence-corrected chi connectivity index (χ4v) is 2.96. The first-order valence-corrected chi connectivity index (χ1v) is 9.13. The van der Waals surface area contributed by atoms with Crippen molar-refractivity contribution in [3.63, 3.8) is 0 Å². The molecule has 3 N–H and O–H groups in total. The normalized spacial score (nSPS) is 11.6. The Morgan fingerprint density at radius 2 is 1.74 bits per heavy atom. The van der Waals surface area contributed by atoms with E-state index >= 15 is 0 Å². The third kappa shape index (κ3) is 6.27. The van der Waals surface area contributed by atoms with Crippen LogP contribution in [0.4, 0.5) is 11.4 Å². The first-order valence-electron chi connectivity index (χ1n) is 8.75. The Balaban J connectivity index is 1.85. The van der Waals surface area contributed by atoms with E-state index < -0.39 is 0 Å². The lowest BCUT2D eigenvalue weighted by Gasteiger charge is -2.15. The summed E-state index contributed by atoms with van der Waals surface area (Å²) < 4.78 is 5.09. The first-order chi connectivity index (χ1) is 12.9. The van der Waals surface area contributed by atoms with Crippen molar-refractivity contribution in [2.45, 2.75) is 13.3 Å². The summed E-state index contributed by atoms with van der Waals surface area (Å²) in [5.74, 6) is 0.214. The van der Waals surface area contributed by atoms with Crippen LogP contribution < -0.4 is 20.3 Å². The number of likely N-dealkylation sites (N-methyl/N-ethyl adjacent to an activating group) is 1. The zero-order valence-corrected chi connectivity index (χ0v) is 16.5. The standard InChI is InChI=1S/C20H24ClN3O3/c1-4-14-7-5-6-8-17(14)23-20(26)13-24(2)12-19(25)22-15-9-10-18(27-3)16(21)11-15/h5-11H,4,12-13H2,1-3H3,(H,22,25)(H,23,26)/p+1. The van der Waals surface area contributed by atoms with Crippen molar-refractivity contribution in [1.82, 2.24) is 0 Å². The molecule has 0 heterocycles. The lowest BCUT2D eigenvalue weighted by Crippen LogP contribution is -3.11. The SMILES string of the molecule is CCc1ccccc1NC(=O)C[NH+](C)CC(=O)Nc1ccc(OC)c(Cl)c1. The first kappa shape index (κ1) is 20.7. The van der Waals surface area contributed by atoms with Gasteiger partial charge in [0, 0.05) is 11.4 Å². The van der Waals surface area contributed by atoms with Gasteiger partial charge in [0.15, 0.2) is 13.1 Å². The van der Waals surface area contributed by atoms with E-state index in [-0.39, 0.29) is 24.9 Å². The number of halogens is 1. The smallest absolute Gasteiger partial charge is 0.279 e. The monoisotopic (exact) mass is 390 g/mol. The number of carbonyl (C=O) groups excluding carboxylic acids is 2. The van der Waals surface area contributed by atoms with Crippen molar-refractivity contribution in [3.05, 3.63) is 53.1 Å². The molecular weight excluding hydrogens is 366 g/mol. The maximum Gasteiger partial charge on any atom is 0.279 e. The van der Waals surface area contributed by atoms with Crippen molar-refractivity contribution in [2.24, 2.45) is 0 Å². The minimum Gasteiger partial charge on any atom is -0.495 e. The number of anilines is 2. The van der Waals surface area contributed by atoms with Crippen LogP contribution in [0, 0.1) is 0 Å². The van der Waals surface area contributed by atoms with Gasteiger partial charge in [-0.15, -0.1) is 0 Å². The molecule has 1 unspecified atom stereocenters. The second-order valence-electron chi connectivity index (χ2n) is 6.27. The molecule has 0 spiro atoms. The van der Waals surface area contributed by atoms with Crippen molar-refractivity contribution < 1.29 is 19.2 Å². The molecule has 0 fully saturated rings. The van der Waals surface area contributed by atoms with Crippen LogP contribution in [0.15, 0.2) is 42.5 Å². The Labute approximate surface area is 164 Å². The number of methoxy groups -OCH3 is 1. The number of carbonyl (C=O) groups is 2. The van der Waals surface area contributed by atoms with E-state index in [9.17, 15) is 9.59 Å². The molecule has 0 aliphatic carbocycles. The van der Waals surface area contributed by atoms with Crippen LogP contribution in [-0.4, -0.2) is 39.1 Å². The van der Waals surface area contributed by atoms with Crippen molar-refractivity contribution >= 4 is 34.8 Å². The molecule has 6 nitrogen and oxygen atoms in total. The highest BCUT2D eigenvalue weighted by Gasteiger charge is 2.15. The van der Waals surface area contributed by atoms with E-state index in [2.05, 4.69) is 10.6 Å². The average molecular weight is 391 g/mol. The van der Waals surface area contributed by atoms with Gasteiger partial charge in [-0.05, 0) is 36.2 Å². The molecule has 0 aromatic heterocycles. The number of benzene rings is 2. The molecule has 144 valence electrons. The van der Waals surface area contributed by atoms with E-state index in [1.54, 1.807) is 25.2 Å². The van der Waals surface area contributed by atoms with Gasteiger partial charge < -0.3 is 20.3 Å². The summed E-state index contributed by atoms with van der Waals surface area (Å²) >= 11 is 6.05. The Hall–Kier alpha value is -2.57. The number of ether oxygens (including phenoxy) is 1. The second-order valence-corrected chi connectivity index (χ2v) is 6.67. The van der Waals surface area contributed by atoms with Crippen LogP contribution >= 0.6 is 11.6 Å². The summed E-state index contributed by atoms with van der Waals surface area (Å²) in [5.41, 5.74) is 2.48. The Morgan fingerprint density at radius 1 is 1.07 bits per heavy atom. The maximum absolute atomic E-state index is 12.3. The fraction of sp³-hybridized carbons (Fsp3) is 0.300. The number of rotatable bonds is 8. The number of para-hydroxylation sites is 1. The molecule has 2 rings (SSSR count). The Bertz CT molecular complexity index is 811. The highest BCUT2D eigenvalue weighted by Crippen LogP contribution is 2.27. The molecule has 0 saturated carbocycles. The van der Waals surface area contributed by atoms with Crippen LogP contribution in [0.5, 0.6) is 5.75 Å². The summed E-state index contributed by atoms with van der Waals surface area (Å²) in [6.07, 6.45) is 0.839. The van der Waals surface area contributed by atoms with Crippen LogP contribution in [0.25, 0.3) is 0 Å². The van der Waals surface area contributed by atoms with Crippen LogP contribution in [0.1, 0.15) is 12.5 Å². The number of nitrogens with one attached hydrogen (secondary N) is 3. The van der Waals surface area contributed by atoms with Crippen LogP contribution in [0.2, 0.25) is 5.02 Å². The lowest BCUT2D eigenvalue weighted by atomic mass is 10.1. The number of quaternary nitrogens is 1. The second kappa shape index (κ2) is 9.94. The third-order valence-electron chi connectivity index (χ3n) is 4.03. The number of amides is 2. The molecule has 0 aliphatic rings. The molecule has 2 amide bonds. The van der Waals surface area contributed by atoms with Gasteiger partial charge in [0.05, 0.1) is 19.2 Å². The van der Waals surface area contributed by atoms with E-state index in [4.69, 9.17) is 16.3 Å². The average Bonchev–Trinajstić information content (AvgIpc) is 2.61. The predicted octanol–water partition coefficient (Wildman–Crippen LogP) is 2.00. The zero-order chi connectivity index (χ0) is 19.8. The summed E-state index contributed by atoms with van der Waals surface area (Å²) in [4.78, 5) is 25.2. The molecule has 0 bridgehead atoms. The summed E-state index contributed by atoms with van der Waals surface area (Å²) in [7, 11) is 3.33. The maximum atomic E-state index is 12.3. The minimum atomic E-state index is -0.199. The molecule has 2 aromatic carbocycles. The molecule has 0 aliphatic heterocycles. The van der Waals surface area contributed by atoms with Gasteiger partial charge in [-0.3, -0.25) is 9.59 Å². The van der Waals surface area contributed by atoms with E-state index in [1.165, 1.54) is 7.11 Å². The van der Waals surface area contributed by atoms with Gasteiger partial charge in [0.1, 0.15) is 5.75 Å². The largest absolute Gasteiger partial charge is 0.495 e. The number of hydrogen-bond acceptors (Lipinski definition) is 3. The van der Waals surface area contributed by atoms with E-state index in [0.717, 1.165) is 22.6 Å². The molecule has 7 heteroatoms. The number of hydrogen-bond donors (Lipinski definition) is 3. The summed E-state index contributed by atoms with van der Waals surface area (Å²) in [6, 6.07) is 12.7. The van der Waals surface area contributed by atoms with Gasteiger partial charge in [-0.25, -0.2) is 0 Å². The van der Waals surface area contributed by atoms with Crippen molar-refractivity contribution in [1.29, 1.82) is 0 Å². The molecule has 27 heavy (non-hydrogen) atoms. The van der Waals surface area contributed by atoms with Crippen LogP contribution in [-0.2, 0) is 16.0 Å². The molecule has 0 saturated heterocycles. The van der Waals surface area contributed by atoms with Crippen molar-refractivity contribution in [3.8, 4) is 5.75 Å².